The van der Waals surface area contributed by atoms with Crippen molar-refractivity contribution in [2.24, 2.45) is 0 Å². The van der Waals surface area contributed by atoms with Crippen molar-refractivity contribution in [2.45, 2.75) is 12.8 Å². The van der Waals surface area contributed by atoms with E-state index in [2.05, 4.69) is 5.32 Å². The van der Waals surface area contributed by atoms with Crippen LogP contribution in [0.3, 0.4) is 0 Å². The van der Waals surface area contributed by atoms with Crippen molar-refractivity contribution in [2.75, 3.05) is 32.1 Å². The fourth-order valence-corrected chi connectivity index (χ4v) is 2.10. The minimum absolute atomic E-state index is 0.0844. The number of nitrogens with one attached hydrogen (secondary N) is 1. The van der Waals surface area contributed by atoms with E-state index in [0.29, 0.717) is 43.9 Å². The molecule has 1 aromatic rings. The number of piperidine rings is 1. The zero-order valence-corrected chi connectivity index (χ0v) is 11.0. The number of para-hydroxylation sites is 2. The zero-order chi connectivity index (χ0) is 13.7. The number of nitrogens with zero attached hydrogens (tertiary/aromatic N) is 1. The third-order valence-corrected chi connectivity index (χ3v) is 3.16. The first-order valence-corrected chi connectivity index (χ1v) is 6.36. The second-order valence-electron chi connectivity index (χ2n) is 4.56. The van der Waals surface area contributed by atoms with Gasteiger partial charge in [0.05, 0.1) is 19.3 Å². The molecule has 1 heterocycles. The Balaban J connectivity index is 1.89. The highest BCUT2D eigenvalue weighted by Crippen LogP contribution is 2.22. The predicted octanol–water partition coefficient (Wildman–Crippen LogP) is 1.30. The average Bonchev–Trinajstić information content (AvgIpc) is 2.42. The Morgan fingerprint density at radius 1 is 1.32 bits per heavy atom. The quantitative estimate of drug-likeness (QED) is 0.888. The summed E-state index contributed by atoms with van der Waals surface area (Å²) in [5.74, 6) is 0.838. The van der Waals surface area contributed by atoms with Crippen molar-refractivity contribution >= 4 is 17.4 Å². The topological polar surface area (TPSA) is 58.6 Å². The fraction of sp³-hybridized carbons (Fsp3) is 0.429. The number of methoxy groups -OCH3 is 1. The molecule has 0 radical (unpaired) electrons. The smallest absolute Gasteiger partial charge is 0.238 e. The highest BCUT2D eigenvalue weighted by molar-refractivity contribution is 5.93. The van der Waals surface area contributed by atoms with Gasteiger partial charge in [-0.25, -0.2) is 0 Å². The van der Waals surface area contributed by atoms with Crippen molar-refractivity contribution in [3.63, 3.8) is 0 Å². The van der Waals surface area contributed by atoms with Gasteiger partial charge >= 0.3 is 0 Å². The summed E-state index contributed by atoms with van der Waals surface area (Å²) in [7, 11) is 1.57. The van der Waals surface area contributed by atoms with E-state index < -0.39 is 0 Å². The van der Waals surface area contributed by atoms with Gasteiger partial charge in [-0.1, -0.05) is 12.1 Å². The van der Waals surface area contributed by atoms with Crippen LogP contribution in [0, 0.1) is 0 Å². The number of carbonyl (C=O) groups excluding carboxylic acids is 2. The monoisotopic (exact) mass is 262 g/mol. The lowest BCUT2D eigenvalue weighted by atomic mass is 10.1. The maximum Gasteiger partial charge on any atom is 0.238 e. The Labute approximate surface area is 112 Å². The summed E-state index contributed by atoms with van der Waals surface area (Å²) in [5, 5.41) is 2.83. The number of anilines is 1. The molecule has 0 saturated carbocycles. The molecule has 102 valence electrons. The summed E-state index contributed by atoms with van der Waals surface area (Å²) in [5.41, 5.74) is 0.670. The molecule has 5 nitrogen and oxygen atoms in total. The molecule has 0 atom stereocenters. The van der Waals surface area contributed by atoms with Crippen LogP contribution in [0.1, 0.15) is 12.8 Å². The molecule has 1 N–H and O–H groups in total. The number of carbonyl (C=O) groups is 2. The minimum Gasteiger partial charge on any atom is -0.495 e. The Bertz CT molecular complexity index is 464. The van der Waals surface area contributed by atoms with Gasteiger partial charge in [-0.3, -0.25) is 14.5 Å². The van der Waals surface area contributed by atoms with E-state index in [1.165, 1.54) is 0 Å². The number of likely N-dealkylation sites (tertiary alicyclic amines) is 1. The van der Waals surface area contributed by atoms with Crippen LogP contribution in [-0.4, -0.2) is 43.3 Å². The molecule has 5 heteroatoms. The molecule has 0 unspecified atom stereocenters. The van der Waals surface area contributed by atoms with Crippen molar-refractivity contribution in [1.29, 1.82) is 0 Å². The van der Waals surface area contributed by atoms with Crippen LogP contribution in [0.4, 0.5) is 5.69 Å². The van der Waals surface area contributed by atoms with Crippen molar-refractivity contribution in [3.05, 3.63) is 24.3 Å². The lowest BCUT2D eigenvalue weighted by Crippen LogP contribution is -2.39. The van der Waals surface area contributed by atoms with E-state index in [0.717, 1.165) is 0 Å². The molecule has 1 saturated heterocycles. The van der Waals surface area contributed by atoms with E-state index in [4.69, 9.17) is 4.74 Å². The SMILES string of the molecule is COc1ccccc1NC(=O)CN1CCC(=O)CC1. The van der Waals surface area contributed by atoms with Crippen LogP contribution in [0.5, 0.6) is 5.75 Å². The highest BCUT2D eigenvalue weighted by Gasteiger charge is 2.18. The van der Waals surface area contributed by atoms with Gasteiger partial charge in [-0.2, -0.15) is 0 Å². The van der Waals surface area contributed by atoms with Gasteiger partial charge in [0.1, 0.15) is 11.5 Å². The molecule has 0 aromatic heterocycles. The summed E-state index contributed by atoms with van der Waals surface area (Å²) in [4.78, 5) is 25.1. The van der Waals surface area contributed by atoms with Gasteiger partial charge in [0, 0.05) is 25.9 Å². The second kappa shape index (κ2) is 6.33. The van der Waals surface area contributed by atoms with Crippen molar-refractivity contribution in [1.82, 2.24) is 4.90 Å². The fourth-order valence-electron chi connectivity index (χ4n) is 2.10. The third-order valence-electron chi connectivity index (χ3n) is 3.16. The molecule has 1 amide bonds. The van der Waals surface area contributed by atoms with Crippen molar-refractivity contribution < 1.29 is 14.3 Å². The van der Waals surface area contributed by atoms with Crippen molar-refractivity contribution in [3.8, 4) is 5.75 Å². The first kappa shape index (κ1) is 13.5. The maximum atomic E-state index is 11.9. The zero-order valence-electron chi connectivity index (χ0n) is 11.0. The lowest BCUT2D eigenvalue weighted by Gasteiger charge is -2.25. The second-order valence-corrected chi connectivity index (χ2v) is 4.56. The third kappa shape index (κ3) is 3.79. The summed E-state index contributed by atoms with van der Waals surface area (Å²) in [6.45, 7) is 1.64. The normalized spacial score (nSPS) is 16.2. The van der Waals surface area contributed by atoms with Gasteiger partial charge in [0.15, 0.2) is 0 Å². The number of hydrogen-bond donors (Lipinski definition) is 1. The summed E-state index contributed by atoms with van der Waals surface area (Å²) in [6.07, 6.45) is 1.09. The molecule has 1 aromatic carbocycles. The van der Waals surface area contributed by atoms with Gasteiger partial charge < -0.3 is 10.1 Å². The van der Waals surface area contributed by atoms with Crippen LogP contribution < -0.4 is 10.1 Å². The van der Waals surface area contributed by atoms with Gasteiger partial charge in [0.2, 0.25) is 5.91 Å². The van der Waals surface area contributed by atoms with E-state index in [9.17, 15) is 9.59 Å². The molecule has 0 spiro atoms. The molecule has 1 aliphatic heterocycles. The number of Topliss-reactive ketones (excluding diaryl/α,β-unsaturated/α-hetero) is 1. The van der Waals surface area contributed by atoms with E-state index in [1.54, 1.807) is 19.2 Å². The number of amides is 1. The Hall–Kier alpha value is -1.88. The Kier molecular flexibility index (Phi) is 4.52. The van der Waals surface area contributed by atoms with E-state index in [1.807, 2.05) is 17.0 Å². The Morgan fingerprint density at radius 3 is 2.68 bits per heavy atom. The lowest BCUT2D eigenvalue weighted by molar-refractivity contribution is -0.124. The van der Waals surface area contributed by atoms with Gasteiger partial charge in [0.25, 0.3) is 0 Å². The molecule has 1 aliphatic rings. The standard InChI is InChI=1S/C14H18N2O3/c1-19-13-5-3-2-4-12(13)15-14(18)10-16-8-6-11(17)7-9-16/h2-5H,6-10H2,1H3,(H,15,18). The number of ketones is 1. The minimum atomic E-state index is -0.0844. The summed E-state index contributed by atoms with van der Waals surface area (Å²) < 4.78 is 5.18. The molecule has 1 fully saturated rings. The highest BCUT2D eigenvalue weighted by atomic mass is 16.5. The first-order chi connectivity index (χ1) is 9.19. The largest absolute Gasteiger partial charge is 0.495 e. The molecule has 2 rings (SSSR count). The van der Waals surface area contributed by atoms with E-state index >= 15 is 0 Å². The molecule has 19 heavy (non-hydrogen) atoms. The van der Waals surface area contributed by atoms with Crippen LogP contribution >= 0.6 is 0 Å². The van der Waals surface area contributed by atoms with Crippen LogP contribution in [-0.2, 0) is 9.59 Å². The molecular weight excluding hydrogens is 244 g/mol. The van der Waals surface area contributed by atoms with Crippen LogP contribution in [0.15, 0.2) is 24.3 Å². The van der Waals surface area contributed by atoms with Gasteiger partial charge in [-0.15, -0.1) is 0 Å². The Morgan fingerprint density at radius 2 is 2.00 bits per heavy atom. The van der Waals surface area contributed by atoms with Gasteiger partial charge in [-0.05, 0) is 12.1 Å². The molecular formula is C14H18N2O3. The van der Waals surface area contributed by atoms with Crippen LogP contribution in [0.25, 0.3) is 0 Å². The number of benzene rings is 1. The summed E-state index contributed by atoms with van der Waals surface area (Å²) in [6, 6.07) is 7.30. The molecule has 0 aliphatic carbocycles. The maximum absolute atomic E-state index is 11.9. The predicted molar refractivity (Wildman–Crippen MR) is 72.3 cm³/mol. The van der Waals surface area contributed by atoms with E-state index in [-0.39, 0.29) is 11.7 Å². The first-order valence-electron chi connectivity index (χ1n) is 6.36. The number of rotatable bonds is 4. The molecule has 0 bridgehead atoms. The summed E-state index contributed by atoms with van der Waals surface area (Å²) >= 11 is 0. The number of ether oxygens (including phenoxy) is 1. The average molecular weight is 262 g/mol. The van der Waals surface area contributed by atoms with Crippen LogP contribution in [0.2, 0.25) is 0 Å². The number of hydrogen-bond acceptors (Lipinski definition) is 4.